The van der Waals surface area contributed by atoms with Crippen LogP contribution in [0.4, 0.5) is 11.4 Å². The second-order valence-electron chi connectivity index (χ2n) is 11.7. The summed E-state index contributed by atoms with van der Waals surface area (Å²) >= 11 is 0. The molecule has 0 atom stereocenters. The first kappa shape index (κ1) is 29.3. The molecule has 0 spiro atoms. The van der Waals surface area contributed by atoms with Crippen LogP contribution in [0.5, 0.6) is 0 Å². The van der Waals surface area contributed by atoms with Crippen LogP contribution in [0.15, 0.2) is 43.0 Å². The summed E-state index contributed by atoms with van der Waals surface area (Å²) in [5, 5.41) is 16.2. The van der Waals surface area contributed by atoms with Crippen molar-refractivity contribution in [3.05, 3.63) is 60.1 Å². The molecule has 5 rings (SSSR count). The monoisotopic (exact) mass is 572 g/mol. The fraction of sp³-hybridized carbons (Fsp3) is 0.467. The Bertz CT molecular complexity index is 1530. The lowest BCUT2D eigenvalue weighted by atomic mass is 10.1. The van der Waals surface area contributed by atoms with Crippen LogP contribution in [-0.2, 0) is 10.3 Å². The van der Waals surface area contributed by atoms with Gasteiger partial charge in [0.2, 0.25) is 0 Å². The van der Waals surface area contributed by atoms with Crippen molar-refractivity contribution in [2.24, 2.45) is 0 Å². The predicted molar refractivity (Wildman–Crippen MR) is 162 cm³/mol. The Morgan fingerprint density at radius 1 is 1.05 bits per heavy atom. The molecule has 0 bridgehead atoms. The quantitative estimate of drug-likeness (QED) is 0.299. The number of methoxy groups -OCH3 is 1. The van der Waals surface area contributed by atoms with Crippen LogP contribution >= 0.6 is 0 Å². The molecule has 1 amide bonds. The average molecular weight is 573 g/mol. The van der Waals surface area contributed by atoms with Crippen molar-refractivity contribution in [1.82, 2.24) is 39.6 Å². The minimum atomic E-state index is -0.296. The summed E-state index contributed by atoms with van der Waals surface area (Å²) in [6.45, 7) is 15.8. The van der Waals surface area contributed by atoms with E-state index in [9.17, 15) is 4.79 Å². The molecule has 4 aromatic rings. The Kier molecular flexibility index (Phi) is 8.64. The lowest BCUT2D eigenvalue weighted by molar-refractivity contribution is 0.102. The van der Waals surface area contributed by atoms with Crippen LogP contribution in [0.3, 0.4) is 0 Å². The Morgan fingerprint density at radius 3 is 2.55 bits per heavy atom. The average Bonchev–Trinajstić information content (AvgIpc) is 3.62. The molecule has 12 heteroatoms. The standard InChI is InChI=1S/C30H40N10O2/c1-21-14-26(35-40(21)30(3,4)5)29(41)33-24-16-28(22(2)32-18-24)39-20-27(34-36-39)23-15-25(19-31-17-23)38-11-9-37(10-12-38)8-7-13-42-6/h14-20H,7-13H2,1-6H3,(H,33,41). The van der Waals surface area contributed by atoms with Gasteiger partial charge in [-0.2, -0.15) is 5.10 Å². The molecule has 1 aliphatic heterocycles. The first-order valence-electron chi connectivity index (χ1n) is 14.3. The number of nitrogens with one attached hydrogen (secondary N) is 1. The van der Waals surface area contributed by atoms with Gasteiger partial charge >= 0.3 is 0 Å². The van der Waals surface area contributed by atoms with Gasteiger partial charge in [-0.25, -0.2) is 4.68 Å². The van der Waals surface area contributed by atoms with E-state index in [0.717, 1.165) is 74.1 Å². The van der Waals surface area contributed by atoms with Gasteiger partial charge in [0.1, 0.15) is 5.69 Å². The number of aryl methyl sites for hydroxylation is 2. The molecule has 5 heterocycles. The number of pyridine rings is 2. The lowest BCUT2D eigenvalue weighted by Crippen LogP contribution is -2.46. The van der Waals surface area contributed by atoms with Gasteiger partial charge in [0.05, 0.1) is 46.9 Å². The van der Waals surface area contributed by atoms with Crippen molar-refractivity contribution in [3.63, 3.8) is 0 Å². The summed E-state index contributed by atoms with van der Waals surface area (Å²) in [4.78, 5) is 26.8. The number of ether oxygens (including phenoxy) is 1. The van der Waals surface area contributed by atoms with E-state index in [0.29, 0.717) is 17.1 Å². The minimum Gasteiger partial charge on any atom is -0.385 e. The molecule has 1 saturated heterocycles. The number of aromatic nitrogens is 7. The van der Waals surface area contributed by atoms with Crippen molar-refractivity contribution in [2.45, 2.75) is 46.6 Å². The van der Waals surface area contributed by atoms with Crippen molar-refractivity contribution in [3.8, 4) is 16.9 Å². The zero-order valence-corrected chi connectivity index (χ0v) is 25.3. The maximum absolute atomic E-state index is 13.0. The van der Waals surface area contributed by atoms with E-state index < -0.39 is 0 Å². The molecule has 222 valence electrons. The molecule has 1 N–H and O–H groups in total. The normalized spacial score (nSPS) is 14.4. The van der Waals surface area contributed by atoms with Crippen LogP contribution in [-0.4, -0.2) is 92.0 Å². The van der Waals surface area contributed by atoms with Gasteiger partial charge in [0.25, 0.3) is 5.91 Å². The molecule has 4 aromatic heterocycles. The number of carbonyl (C=O) groups excluding carboxylic acids is 1. The molecular formula is C30H40N10O2. The smallest absolute Gasteiger partial charge is 0.276 e. The molecule has 0 unspecified atom stereocenters. The Labute approximate surface area is 246 Å². The van der Waals surface area contributed by atoms with Crippen molar-refractivity contribution in [1.29, 1.82) is 0 Å². The van der Waals surface area contributed by atoms with E-state index in [2.05, 4.69) is 67.3 Å². The number of anilines is 2. The molecule has 1 aliphatic rings. The van der Waals surface area contributed by atoms with Crippen molar-refractivity contribution in [2.75, 3.05) is 56.7 Å². The summed E-state index contributed by atoms with van der Waals surface area (Å²) in [5.41, 5.74) is 5.75. The SMILES string of the molecule is COCCCN1CCN(c2cncc(-c3cn(-c4cc(NC(=O)c5cc(C)n(C(C)(C)C)n5)cnc4C)nn3)c2)CC1. The molecule has 0 aliphatic carbocycles. The summed E-state index contributed by atoms with van der Waals surface area (Å²) in [6.07, 6.45) is 8.25. The van der Waals surface area contributed by atoms with Gasteiger partial charge in [-0.3, -0.25) is 24.3 Å². The number of nitrogens with zero attached hydrogens (tertiary/aromatic N) is 9. The summed E-state index contributed by atoms with van der Waals surface area (Å²) in [7, 11) is 1.75. The summed E-state index contributed by atoms with van der Waals surface area (Å²) in [5.74, 6) is -0.296. The van der Waals surface area contributed by atoms with Gasteiger partial charge < -0.3 is 15.0 Å². The largest absolute Gasteiger partial charge is 0.385 e. The predicted octanol–water partition coefficient (Wildman–Crippen LogP) is 3.70. The first-order chi connectivity index (χ1) is 20.1. The highest BCUT2D eigenvalue weighted by atomic mass is 16.5. The number of carbonyl (C=O) groups is 1. The molecular weight excluding hydrogens is 532 g/mol. The highest BCUT2D eigenvalue weighted by molar-refractivity contribution is 6.03. The third-order valence-electron chi connectivity index (χ3n) is 7.39. The molecule has 1 fully saturated rings. The van der Waals surface area contributed by atoms with Gasteiger partial charge in [-0.15, -0.1) is 5.10 Å². The number of amides is 1. The maximum atomic E-state index is 13.0. The Balaban J connectivity index is 1.28. The van der Waals surface area contributed by atoms with E-state index in [4.69, 9.17) is 4.74 Å². The second kappa shape index (κ2) is 12.4. The van der Waals surface area contributed by atoms with Crippen molar-refractivity contribution >= 4 is 17.3 Å². The first-order valence-corrected chi connectivity index (χ1v) is 14.3. The van der Waals surface area contributed by atoms with Crippen LogP contribution in [0.25, 0.3) is 16.9 Å². The Hall–Kier alpha value is -4.16. The van der Waals surface area contributed by atoms with E-state index in [1.54, 1.807) is 30.3 Å². The van der Waals surface area contributed by atoms with E-state index in [1.807, 2.05) is 37.0 Å². The zero-order valence-electron chi connectivity index (χ0n) is 25.3. The number of piperazine rings is 1. The van der Waals surface area contributed by atoms with Crippen LogP contribution in [0.1, 0.15) is 49.1 Å². The fourth-order valence-corrected chi connectivity index (χ4v) is 5.20. The highest BCUT2D eigenvalue weighted by Crippen LogP contribution is 2.25. The number of rotatable bonds is 9. The lowest BCUT2D eigenvalue weighted by Gasteiger charge is -2.36. The van der Waals surface area contributed by atoms with Gasteiger partial charge in [0.15, 0.2) is 5.69 Å². The maximum Gasteiger partial charge on any atom is 0.276 e. The Morgan fingerprint density at radius 2 is 1.83 bits per heavy atom. The van der Waals surface area contributed by atoms with Gasteiger partial charge in [-0.05, 0) is 59.2 Å². The fourth-order valence-electron chi connectivity index (χ4n) is 5.20. The zero-order chi connectivity index (χ0) is 29.9. The van der Waals surface area contributed by atoms with Crippen molar-refractivity contribution < 1.29 is 9.53 Å². The molecule has 12 nitrogen and oxygen atoms in total. The third kappa shape index (κ3) is 6.66. The van der Waals surface area contributed by atoms with Gasteiger partial charge in [-0.1, -0.05) is 5.21 Å². The molecule has 0 saturated carbocycles. The molecule has 0 radical (unpaired) electrons. The van der Waals surface area contributed by atoms with Crippen LogP contribution in [0.2, 0.25) is 0 Å². The van der Waals surface area contributed by atoms with E-state index in [1.165, 1.54) is 0 Å². The third-order valence-corrected chi connectivity index (χ3v) is 7.39. The minimum absolute atomic E-state index is 0.222. The van der Waals surface area contributed by atoms with Gasteiger partial charge in [0, 0.05) is 63.9 Å². The highest BCUT2D eigenvalue weighted by Gasteiger charge is 2.21. The topological polar surface area (TPSA) is 119 Å². The summed E-state index contributed by atoms with van der Waals surface area (Å²) < 4.78 is 8.72. The number of hydrogen-bond donors (Lipinski definition) is 1. The van der Waals surface area contributed by atoms with E-state index in [-0.39, 0.29) is 11.4 Å². The van der Waals surface area contributed by atoms with Crippen LogP contribution in [0, 0.1) is 13.8 Å². The van der Waals surface area contributed by atoms with Crippen LogP contribution < -0.4 is 10.2 Å². The summed E-state index contributed by atoms with van der Waals surface area (Å²) in [6, 6.07) is 5.74. The molecule has 42 heavy (non-hydrogen) atoms. The number of hydrogen-bond acceptors (Lipinski definition) is 9. The molecule has 0 aromatic carbocycles. The van der Waals surface area contributed by atoms with E-state index >= 15 is 0 Å². The second-order valence-corrected chi connectivity index (χ2v) is 11.7.